The van der Waals surface area contributed by atoms with Gasteiger partial charge in [-0.05, 0) is 0 Å². The normalized spacial score (nSPS) is 17.7. The third-order valence-electron chi connectivity index (χ3n) is 5.27. The van der Waals surface area contributed by atoms with E-state index in [0.29, 0.717) is 0 Å². The summed E-state index contributed by atoms with van der Waals surface area (Å²) in [7, 11) is 0. The molecule has 1 saturated heterocycles. The first kappa shape index (κ1) is 18.3. The fourth-order valence-corrected chi connectivity index (χ4v) is 9.57. The van der Waals surface area contributed by atoms with Gasteiger partial charge in [-0.1, -0.05) is 0 Å². The number of benzene rings is 3. The van der Waals surface area contributed by atoms with E-state index in [1.807, 2.05) is 18.2 Å². The van der Waals surface area contributed by atoms with Gasteiger partial charge in [0.2, 0.25) is 0 Å². The molecule has 0 radical (unpaired) electrons. The monoisotopic (exact) mass is 394 g/mol. The van der Waals surface area contributed by atoms with Gasteiger partial charge in [0.15, 0.2) is 0 Å². The molecule has 0 atom stereocenters. The van der Waals surface area contributed by atoms with Crippen molar-refractivity contribution >= 4 is 33.1 Å². The summed E-state index contributed by atoms with van der Waals surface area (Å²) in [6.07, 6.45) is 3.20. The van der Waals surface area contributed by atoms with Gasteiger partial charge in [0, 0.05) is 0 Å². The van der Waals surface area contributed by atoms with E-state index in [9.17, 15) is 0 Å². The van der Waals surface area contributed by atoms with Crippen molar-refractivity contribution in [1.82, 2.24) is 0 Å². The molecule has 4 rings (SSSR count). The Balaban J connectivity index is 2.09. The van der Waals surface area contributed by atoms with Gasteiger partial charge in [0.05, 0.1) is 0 Å². The van der Waals surface area contributed by atoms with Crippen LogP contribution in [-0.4, -0.2) is 6.61 Å². The van der Waals surface area contributed by atoms with Crippen molar-refractivity contribution in [3.05, 3.63) is 103 Å². The summed E-state index contributed by atoms with van der Waals surface area (Å²) in [6, 6.07) is 31.5. The van der Waals surface area contributed by atoms with Crippen molar-refractivity contribution in [3.8, 4) is 0 Å². The Hall–Kier alpha value is -2.08. The molecule has 1 heterocycles. The summed E-state index contributed by atoms with van der Waals surface area (Å²) in [4.78, 5) is 0. The molecule has 1 aliphatic heterocycles. The van der Waals surface area contributed by atoms with Gasteiger partial charge >= 0.3 is 166 Å². The average Bonchev–Trinajstić information content (AvgIpc) is 2.76. The fourth-order valence-electron chi connectivity index (χ4n) is 3.88. The molecule has 0 bridgehead atoms. The predicted octanol–water partition coefficient (Wildman–Crippen LogP) is 5.71. The number of hydrogen-bond acceptors (Lipinski definition) is 1. The van der Waals surface area contributed by atoms with Crippen molar-refractivity contribution in [2.75, 3.05) is 6.61 Å². The fraction of sp³-hybridized carbons (Fsp3) is 0.167. The van der Waals surface area contributed by atoms with E-state index in [4.69, 9.17) is 16.0 Å². The van der Waals surface area contributed by atoms with Crippen LogP contribution < -0.4 is 15.9 Å². The topological polar surface area (TPSA) is 9.23 Å². The number of hydrogen-bond donors (Lipinski definition) is 0. The molecular weight excluding hydrogens is 371 g/mol. The van der Waals surface area contributed by atoms with E-state index in [1.54, 1.807) is 0 Å². The third-order valence-corrected chi connectivity index (χ3v) is 12.0. The van der Waals surface area contributed by atoms with E-state index in [-0.39, 0.29) is 0 Å². The standard InChI is InChI=1S/C24H24ClOP/c25-27(22-13-4-1-5-14-22,23-15-6-2-7-16-23,24-17-8-3-9-18-24)20-21-12-10-11-19-26-21/h1-9,13-18,20H,10-12,19H2/b21-20-. The predicted molar refractivity (Wildman–Crippen MR) is 119 cm³/mol. The zero-order valence-electron chi connectivity index (χ0n) is 15.3. The molecular formula is C24H24ClOP. The molecule has 1 nitrogen and oxygen atoms in total. The summed E-state index contributed by atoms with van der Waals surface area (Å²) in [5.41, 5.74) is 0. The zero-order valence-corrected chi connectivity index (χ0v) is 16.9. The summed E-state index contributed by atoms with van der Waals surface area (Å²) < 4.78 is 6.07. The average molecular weight is 395 g/mol. The second-order valence-electron chi connectivity index (χ2n) is 6.98. The first-order valence-corrected chi connectivity index (χ1v) is 12.7. The second-order valence-corrected chi connectivity index (χ2v) is 13.0. The van der Waals surface area contributed by atoms with Gasteiger partial charge < -0.3 is 0 Å². The van der Waals surface area contributed by atoms with Crippen molar-refractivity contribution in [3.63, 3.8) is 0 Å². The summed E-state index contributed by atoms with van der Waals surface area (Å²) >= 11 is 7.98. The van der Waals surface area contributed by atoms with Crippen molar-refractivity contribution < 1.29 is 4.74 Å². The van der Waals surface area contributed by atoms with Gasteiger partial charge in [0.1, 0.15) is 0 Å². The van der Waals surface area contributed by atoms with Crippen LogP contribution in [0.3, 0.4) is 0 Å². The molecule has 1 aliphatic rings. The minimum absolute atomic E-state index is 0.771. The van der Waals surface area contributed by atoms with Crippen LogP contribution in [-0.2, 0) is 4.74 Å². The Morgan fingerprint density at radius 3 is 1.48 bits per heavy atom. The Labute approximate surface area is 166 Å². The Bertz CT molecular complexity index is 815. The number of rotatable bonds is 4. The van der Waals surface area contributed by atoms with Crippen LogP contribution in [0.2, 0.25) is 0 Å². The Morgan fingerprint density at radius 1 is 0.667 bits per heavy atom. The molecule has 0 spiro atoms. The van der Waals surface area contributed by atoms with Crippen LogP contribution in [0.25, 0.3) is 0 Å². The number of allylic oxidation sites excluding steroid dienone is 1. The molecule has 0 N–H and O–H groups in total. The van der Waals surface area contributed by atoms with Crippen LogP contribution in [0.15, 0.2) is 103 Å². The molecule has 1 fully saturated rings. The molecule has 0 unspecified atom stereocenters. The molecule has 27 heavy (non-hydrogen) atoms. The molecule has 0 saturated carbocycles. The summed E-state index contributed by atoms with van der Waals surface area (Å²) in [5, 5.41) is 3.43. The molecule has 3 aromatic rings. The molecule has 138 valence electrons. The molecule has 3 heteroatoms. The molecule has 0 aliphatic carbocycles. The van der Waals surface area contributed by atoms with Gasteiger partial charge in [-0.25, -0.2) is 0 Å². The first-order chi connectivity index (χ1) is 13.2. The van der Waals surface area contributed by atoms with Crippen LogP contribution in [0.5, 0.6) is 0 Å². The molecule has 3 aromatic carbocycles. The van der Waals surface area contributed by atoms with E-state index < -0.39 is 5.96 Å². The van der Waals surface area contributed by atoms with Crippen molar-refractivity contribution in [2.45, 2.75) is 19.3 Å². The third kappa shape index (κ3) is 3.20. The van der Waals surface area contributed by atoms with Crippen LogP contribution in [0, 0.1) is 0 Å². The first-order valence-electron chi connectivity index (χ1n) is 9.47. The quantitative estimate of drug-likeness (QED) is 0.515. The van der Waals surface area contributed by atoms with Gasteiger partial charge in [-0.2, -0.15) is 0 Å². The van der Waals surface area contributed by atoms with Crippen LogP contribution in [0.4, 0.5) is 0 Å². The summed E-state index contributed by atoms with van der Waals surface area (Å²) in [6.45, 7) is 0.771. The van der Waals surface area contributed by atoms with Crippen molar-refractivity contribution in [1.29, 1.82) is 0 Å². The van der Waals surface area contributed by atoms with Crippen molar-refractivity contribution in [2.24, 2.45) is 0 Å². The maximum absolute atomic E-state index is 7.98. The van der Waals surface area contributed by atoms with Crippen LogP contribution >= 0.6 is 17.2 Å². The van der Waals surface area contributed by atoms with Crippen LogP contribution in [0.1, 0.15) is 19.3 Å². The van der Waals surface area contributed by atoms with E-state index >= 15 is 0 Å². The van der Waals surface area contributed by atoms with E-state index in [2.05, 4.69) is 78.6 Å². The SMILES string of the molecule is ClP(/C=C1/CCCCO1)(c1ccccc1)(c1ccccc1)c1ccccc1. The van der Waals surface area contributed by atoms with E-state index in [1.165, 1.54) is 0 Å². The van der Waals surface area contributed by atoms with Gasteiger partial charge in [-0.3, -0.25) is 0 Å². The Morgan fingerprint density at radius 2 is 1.11 bits per heavy atom. The second kappa shape index (κ2) is 7.50. The maximum atomic E-state index is 7.98. The molecule has 0 aromatic heterocycles. The molecule has 0 amide bonds. The zero-order chi connectivity index (χ0) is 18.6. The minimum atomic E-state index is -3.34. The Kier molecular flexibility index (Phi) is 5.08. The number of halogens is 1. The van der Waals surface area contributed by atoms with Gasteiger partial charge in [-0.15, -0.1) is 0 Å². The number of ether oxygens (including phenoxy) is 1. The van der Waals surface area contributed by atoms with E-state index in [0.717, 1.165) is 47.5 Å². The summed E-state index contributed by atoms with van der Waals surface area (Å²) in [5.74, 6) is -0.0511. The van der Waals surface area contributed by atoms with Gasteiger partial charge in [0.25, 0.3) is 0 Å².